The van der Waals surface area contributed by atoms with Gasteiger partial charge >= 0.3 is 18.0 Å². The molecule has 0 heterocycles. The van der Waals surface area contributed by atoms with E-state index in [1.165, 1.54) is 7.11 Å². The minimum Gasteiger partial charge on any atom is -0.467 e. The highest BCUT2D eigenvalue weighted by Gasteiger charge is 2.29. The van der Waals surface area contributed by atoms with Crippen molar-refractivity contribution in [2.24, 2.45) is 5.73 Å². The summed E-state index contributed by atoms with van der Waals surface area (Å²) in [4.78, 5) is 49.4. The van der Waals surface area contributed by atoms with E-state index in [0.29, 0.717) is 25.8 Å². The maximum Gasteiger partial charge on any atom is 0.407 e. The molecule has 0 unspecified atom stereocenters. The normalized spacial score (nSPS) is 13.5. The Kier molecular flexibility index (Phi) is 13.9. The Morgan fingerprint density at radius 3 is 2.12 bits per heavy atom. The van der Waals surface area contributed by atoms with Crippen LogP contribution in [0.5, 0.6) is 0 Å². The predicted octanol–water partition coefficient (Wildman–Crippen LogP) is 2.33. The summed E-state index contributed by atoms with van der Waals surface area (Å²) in [6.07, 6.45) is 0.782. The molecule has 0 aromatic rings. The van der Waals surface area contributed by atoms with Gasteiger partial charge in [0.2, 0.25) is 5.91 Å². The molecule has 0 spiro atoms. The molecule has 33 heavy (non-hydrogen) atoms. The topological polar surface area (TPSA) is 146 Å². The van der Waals surface area contributed by atoms with Crippen LogP contribution in [0.25, 0.3) is 0 Å². The molecule has 0 bridgehead atoms. The monoisotopic (exact) mass is 489 g/mol. The van der Waals surface area contributed by atoms with Crippen LogP contribution in [0, 0.1) is 0 Å². The first-order chi connectivity index (χ1) is 15.2. The van der Waals surface area contributed by atoms with E-state index < -0.39 is 49.7 Å². The molecule has 2 atom stereocenters. The zero-order chi connectivity index (χ0) is 25.7. The minimum atomic E-state index is -1.40. The van der Waals surface area contributed by atoms with Crippen LogP contribution in [0.4, 0.5) is 4.79 Å². The maximum absolute atomic E-state index is 12.9. The van der Waals surface area contributed by atoms with Crippen molar-refractivity contribution >= 4 is 32.0 Å². The quantitative estimate of drug-likeness (QED) is 0.146. The predicted molar refractivity (Wildman–Crippen MR) is 128 cm³/mol. The van der Waals surface area contributed by atoms with E-state index in [-0.39, 0.29) is 19.4 Å². The summed E-state index contributed by atoms with van der Waals surface area (Å²) in [6, 6.07) is -1.19. The first-order valence-corrected chi connectivity index (χ1v) is 15.1. The van der Waals surface area contributed by atoms with Gasteiger partial charge in [-0.2, -0.15) is 0 Å². The second-order valence-electron chi connectivity index (χ2n) is 10.1. The van der Waals surface area contributed by atoms with Crippen molar-refractivity contribution in [2.75, 3.05) is 20.3 Å². The van der Waals surface area contributed by atoms with E-state index in [2.05, 4.69) is 30.3 Å². The molecule has 2 amide bonds. The van der Waals surface area contributed by atoms with Gasteiger partial charge in [-0.15, -0.1) is 0 Å². The van der Waals surface area contributed by atoms with E-state index in [0.717, 1.165) is 6.04 Å². The molecule has 0 saturated carbocycles. The first kappa shape index (κ1) is 30.9. The van der Waals surface area contributed by atoms with Crippen LogP contribution >= 0.6 is 0 Å². The van der Waals surface area contributed by atoms with Crippen LogP contribution in [0.2, 0.25) is 25.7 Å². The van der Waals surface area contributed by atoms with Crippen molar-refractivity contribution in [3.8, 4) is 0 Å². The van der Waals surface area contributed by atoms with Crippen LogP contribution in [-0.2, 0) is 28.6 Å². The lowest BCUT2D eigenvalue weighted by Crippen LogP contribution is -2.52. The number of esters is 2. The number of alkyl carbamates (subject to hydrolysis) is 1. The molecule has 0 aliphatic heterocycles. The summed E-state index contributed by atoms with van der Waals surface area (Å²) in [5.41, 5.74) is 4.83. The Hall–Kier alpha value is -2.14. The molecular weight excluding hydrogens is 446 g/mol. The van der Waals surface area contributed by atoms with Crippen molar-refractivity contribution in [3.05, 3.63) is 0 Å². The van der Waals surface area contributed by atoms with E-state index in [9.17, 15) is 19.2 Å². The zero-order valence-electron chi connectivity index (χ0n) is 21.2. The van der Waals surface area contributed by atoms with Gasteiger partial charge in [-0.1, -0.05) is 19.6 Å². The smallest absolute Gasteiger partial charge is 0.407 e. The number of hydrogen-bond acceptors (Lipinski definition) is 8. The molecule has 10 nitrogen and oxygen atoms in total. The Morgan fingerprint density at radius 1 is 0.970 bits per heavy atom. The van der Waals surface area contributed by atoms with Crippen LogP contribution in [-0.4, -0.2) is 70.0 Å². The molecule has 4 N–H and O–H groups in total. The molecule has 0 fully saturated rings. The second kappa shape index (κ2) is 14.9. The van der Waals surface area contributed by atoms with Crippen molar-refractivity contribution in [1.82, 2.24) is 10.6 Å². The molecule has 0 radical (unpaired) electrons. The van der Waals surface area contributed by atoms with Crippen molar-refractivity contribution in [3.63, 3.8) is 0 Å². The average Bonchev–Trinajstić information content (AvgIpc) is 2.67. The Labute approximate surface area is 198 Å². The summed E-state index contributed by atoms with van der Waals surface area (Å²) < 4.78 is 15.3. The third-order valence-electron chi connectivity index (χ3n) is 4.50. The Morgan fingerprint density at radius 2 is 1.61 bits per heavy atom. The number of ether oxygens (including phenoxy) is 3. The van der Waals surface area contributed by atoms with Gasteiger partial charge < -0.3 is 30.6 Å². The summed E-state index contributed by atoms with van der Waals surface area (Å²) in [6.45, 7) is 12.4. The van der Waals surface area contributed by atoms with Gasteiger partial charge in [0, 0.05) is 14.5 Å². The van der Waals surface area contributed by atoms with Crippen LogP contribution in [0.1, 0.15) is 52.9 Å². The zero-order valence-corrected chi connectivity index (χ0v) is 22.2. The largest absolute Gasteiger partial charge is 0.467 e. The lowest BCUT2D eigenvalue weighted by Gasteiger charge is -2.23. The standard InChI is InChI=1S/C22H43N3O7Si/c1-22(2,3)32-18(26)12-11-16(25-21(29)31-14-15-33(5,6)7)19(27)24-17(20(28)30-4)10-8-9-13-23/h16-17H,8-15,23H2,1-7H3,(H,24,27)(H,25,29)/t16-,17-/m0/s1. The number of unbranched alkanes of at least 4 members (excludes halogenated alkanes) is 1. The van der Waals surface area contributed by atoms with E-state index in [1.807, 2.05) is 0 Å². The molecule has 0 aromatic carbocycles. The number of carbonyl (C=O) groups is 4. The third kappa shape index (κ3) is 16.2. The van der Waals surface area contributed by atoms with Gasteiger partial charge in [-0.25, -0.2) is 9.59 Å². The van der Waals surface area contributed by atoms with Crippen LogP contribution < -0.4 is 16.4 Å². The number of methoxy groups -OCH3 is 1. The van der Waals surface area contributed by atoms with Gasteiger partial charge in [0.1, 0.15) is 17.7 Å². The fourth-order valence-corrected chi connectivity index (χ4v) is 3.43. The maximum atomic E-state index is 12.9. The highest BCUT2D eigenvalue weighted by Crippen LogP contribution is 2.12. The highest BCUT2D eigenvalue weighted by molar-refractivity contribution is 6.76. The number of hydrogen-bond donors (Lipinski definition) is 3. The molecular formula is C22H43N3O7Si. The fourth-order valence-electron chi connectivity index (χ4n) is 2.71. The average molecular weight is 490 g/mol. The molecule has 0 rings (SSSR count). The number of amides is 2. The van der Waals surface area contributed by atoms with Crippen molar-refractivity contribution in [2.45, 2.75) is 96.2 Å². The molecule has 0 aromatic heterocycles. The molecule has 192 valence electrons. The first-order valence-electron chi connectivity index (χ1n) is 11.4. The second-order valence-corrected chi connectivity index (χ2v) is 15.8. The van der Waals surface area contributed by atoms with Crippen molar-refractivity contribution in [1.29, 1.82) is 0 Å². The SMILES string of the molecule is COC(=O)[C@H](CCCCN)NC(=O)[C@H](CCC(=O)OC(C)(C)C)NC(=O)OCC[Si](C)(C)C. The fraction of sp³-hybridized carbons (Fsp3) is 0.818. The number of carbonyl (C=O) groups excluding carboxylic acids is 4. The van der Waals surface area contributed by atoms with Gasteiger partial charge in [-0.3, -0.25) is 9.59 Å². The van der Waals surface area contributed by atoms with E-state index in [1.54, 1.807) is 20.8 Å². The van der Waals surface area contributed by atoms with Gasteiger partial charge in [0.25, 0.3) is 0 Å². The van der Waals surface area contributed by atoms with Crippen LogP contribution in [0.15, 0.2) is 0 Å². The molecule has 0 aliphatic rings. The number of nitrogens with one attached hydrogen (secondary N) is 2. The summed E-state index contributed by atoms with van der Waals surface area (Å²) in [5.74, 6) is -1.70. The molecule has 0 saturated heterocycles. The molecule has 0 aliphatic carbocycles. The van der Waals surface area contributed by atoms with Crippen molar-refractivity contribution < 1.29 is 33.4 Å². The van der Waals surface area contributed by atoms with E-state index >= 15 is 0 Å². The van der Waals surface area contributed by atoms with Crippen LogP contribution in [0.3, 0.4) is 0 Å². The lowest BCUT2D eigenvalue weighted by molar-refractivity contribution is -0.155. The summed E-state index contributed by atoms with van der Waals surface area (Å²) in [5, 5.41) is 5.13. The van der Waals surface area contributed by atoms with Gasteiger partial charge in [-0.05, 0) is 59.0 Å². The van der Waals surface area contributed by atoms with Gasteiger partial charge in [0.15, 0.2) is 0 Å². The Bertz CT molecular complexity index is 645. The third-order valence-corrected chi connectivity index (χ3v) is 6.20. The number of rotatable bonds is 14. The minimum absolute atomic E-state index is 0.0133. The molecule has 11 heteroatoms. The summed E-state index contributed by atoms with van der Waals surface area (Å²) in [7, 11) is -0.165. The lowest BCUT2D eigenvalue weighted by atomic mass is 10.1. The van der Waals surface area contributed by atoms with E-state index in [4.69, 9.17) is 19.9 Å². The number of nitrogens with two attached hydrogens (primary N) is 1. The van der Waals surface area contributed by atoms with Gasteiger partial charge in [0.05, 0.1) is 13.7 Å². The highest BCUT2D eigenvalue weighted by atomic mass is 28.3. The Balaban J connectivity index is 5.21. The summed E-state index contributed by atoms with van der Waals surface area (Å²) >= 11 is 0.